The summed E-state index contributed by atoms with van der Waals surface area (Å²) in [4.78, 5) is 21.4. The van der Waals surface area contributed by atoms with Crippen molar-refractivity contribution in [3.63, 3.8) is 0 Å². The van der Waals surface area contributed by atoms with E-state index in [0.717, 1.165) is 27.6 Å². The first-order chi connectivity index (χ1) is 16.4. The number of thioether (sulfide) groups is 1. The van der Waals surface area contributed by atoms with Crippen molar-refractivity contribution < 1.29 is 14.6 Å². The van der Waals surface area contributed by atoms with Gasteiger partial charge >= 0.3 is 5.97 Å². The van der Waals surface area contributed by atoms with E-state index in [1.54, 1.807) is 11.8 Å². The average molecular weight is 498 g/mol. The molecule has 0 amide bonds. The highest BCUT2D eigenvalue weighted by Gasteiger charge is 2.17. The Morgan fingerprint density at radius 2 is 1.85 bits per heavy atom. The van der Waals surface area contributed by atoms with Crippen LogP contribution in [-0.2, 0) is 4.79 Å². The number of aromatic nitrogens is 2. The van der Waals surface area contributed by atoms with E-state index < -0.39 is 12.0 Å². The molecule has 0 saturated heterocycles. The Morgan fingerprint density at radius 3 is 2.47 bits per heavy atom. The number of nitrogens with zero attached hydrogens (tertiary/aromatic N) is 2. The smallest absolute Gasteiger partial charge is 0.305 e. The molecule has 1 atom stereocenters. The average Bonchev–Trinajstić information content (AvgIpc) is 2.79. The minimum Gasteiger partial charge on any atom is -0.494 e. The topological polar surface area (TPSA) is 108 Å². The normalized spacial score (nSPS) is 11.4. The maximum atomic E-state index is 11.4. The minimum atomic E-state index is -0.928. The molecule has 1 heterocycles. The molecule has 1 aromatic heterocycles. The van der Waals surface area contributed by atoms with Crippen molar-refractivity contribution in [1.29, 1.82) is 0 Å². The molecule has 3 aromatic rings. The molecule has 34 heavy (non-hydrogen) atoms. The second kappa shape index (κ2) is 12.2. The molecule has 0 aliphatic rings. The molecule has 0 unspecified atom stereocenters. The molecule has 0 aliphatic heterocycles. The number of ether oxygens (including phenoxy) is 1. The standard InChI is InChI=1S/C24H27N5O3S2/c1-4-32-18-9-7-17(8-10-18)26-21-13-15(2)25-23(28-21)29-24(33)27-20(14-22(30)31)16-5-11-19(34-3)12-6-16/h5-13,20H,4,14H2,1-3H3,(H,30,31)(H3,25,26,27,28,29,33)/t20-/m1/s1. The number of nitrogens with one attached hydrogen (secondary N) is 3. The van der Waals surface area contributed by atoms with Crippen LogP contribution < -0.4 is 20.7 Å². The van der Waals surface area contributed by atoms with Crippen molar-refractivity contribution in [3.8, 4) is 5.75 Å². The largest absolute Gasteiger partial charge is 0.494 e. The highest BCUT2D eigenvalue weighted by molar-refractivity contribution is 7.98. The summed E-state index contributed by atoms with van der Waals surface area (Å²) in [6, 6.07) is 16.6. The quantitative estimate of drug-likeness (QED) is 0.222. The van der Waals surface area contributed by atoms with Crippen molar-refractivity contribution in [3.05, 3.63) is 65.9 Å². The van der Waals surface area contributed by atoms with E-state index in [1.165, 1.54) is 0 Å². The zero-order valence-corrected chi connectivity index (χ0v) is 20.8. The van der Waals surface area contributed by atoms with E-state index in [1.807, 2.05) is 74.7 Å². The first-order valence-electron chi connectivity index (χ1n) is 10.6. The first kappa shape index (κ1) is 25.3. The Kier molecular flexibility index (Phi) is 9.06. The zero-order chi connectivity index (χ0) is 24.5. The van der Waals surface area contributed by atoms with Gasteiger partial charge in [0, 0.05) is 22.3 Å². The second-order valence-corrected chi connectivity index (χ2v) is 8.61. The fourth-order valence-electron chi connectivity index (χ4n) is 3.20. The summed E-state index contributed by atoms with van der Waals surface area (Å²) < 4.78 is 5.47. The van der Waals surface area contributed by atoms with Crippen molar-refractivity contribution in [2.24, 2.45) is 0 Å². The molecule has 8 nitrogen and oxygen atoms in total. The SMILES string of the molecule is CCOc1ccc(Nc2cc(C)nc(NC(=S)N[C@H](CC(=O)O)c3ccc(SC)cc3)n2)cc1. The summed E-state index contributed by atoms with van der Waals surface area (Å²) >= 11 is 7.06. The molecular formula is C24H27N5O3S2. The zero-order valence-electron chi connectivity index (χ0n) is 19.2. The number of benzene rings is 2. The van der Waals surface area contributed by atoms with Crippen LogP contribution in [-0.4, -0.2) is 39.0 Å². The Morgan fingerprint density at radius 1 is 1.15 bits per heavy atom. The van der Waals surface area contributed by atoms with Gasteiger partial charge in [-0.3, -0.25) is 4.79 Å². The first-order valence-corrected chi connectivity index (χ1v) is 12.3. The van der Waals surface area contributed by atoms with E-state index in [9.17, 15) is 9.90 Å². The second-order valence-electron chi connectivity index (χ2n) is 7.32. The number of hydrogen-bond acceptors (Lipinski definition) is 7. The summed E-state index contributed by atoms with van der Waals surface area (Å²) in [5, 5.41) is 18.9. The van der Waals surface area contributed by atoms with Crippen LogP contribution in [0.15, 0.2) is 59.5 Å². The molecule has 10 heteroatoms. The molecule has 0 saturated carbocycles. The molecule has 0 aliphatic carbocycles. The maximum Gasteiger partial charge on any atom is 0.305 e. The Balaban J connectivity index is 1.69. The van der Waals surface area contributed by atoms with Gasteiger partial charge in [-0.15, -0.1) is 11.8 Å². The molecule has 0 spiro atoms. The molecule has 0 radical (unpaired) electrons. The van der Waals surface area contributed by atoms with Crippen LogP contribution >= 0.6 is 24.0 Å². The Hall–Kier alpha value is -3.37. The summed E-state index contributed by atoms with van der Waals surface area (Å²) in [5.74, 6) is 0.766. The summed E-state index contributed by atoms with van der Waals surface area (Å²) in [5.41, 5.74) is 2.42. The van der Waals surface area contributed by atoms with Crippen LogP contribution in [0.2, 0.25) is 0 Å². The number of carbonyl (C=O) groups is 1. The van der Waals surface area contributed by atoms with E-state index >= 15 is 0 Å². The lowest BCUT2D eigenvalue weighted by atomic mass is 10.0. The third-order valence-corrected chi connectivity index (χ3v) is 5.68. The predicted octanol–water partition coefficient (Wildman–Crippen LogP) is 5.15. The van der Waals surface area contributed by atoms with Crippen molar-refractivity contribution >= 4 is 52.5 Å². The number of carboxylic acids is 1. The van der Waals surface area contributed by atoms with E-state index in [2.05, 4.69) is 25.9 Å². The maximum absolute atomic E-state index is 11.4. The Labute approximate surface area is 208 Å². The third-order valence-electron chi connectivity index (χ3n) is 4.72. The highest BCUT2D eigenvalue weighted by atomic mass is 32.2. The number of thiocarbonyl (C=S) groups is 1. The van der Waals surface area contributed by atoms with Gasteiger partial charge in [-0.05, 0) is 74.3 Å². The van der Waals surface area contributed by atoms with Crippen LogP contribution in [0.5, 0.6) is 5.75 Å². The Bertz CT molecular complexity index is 1120. The van der Waals surface area contributed by atoms with Gasteiger partial charge in [0.1, 0.15) is 11.6 Å². The predicted molar refractivity (Wildman–Crippen MR) is 140 cm³/mol. The van der Waals surface area contributed by atoms with Gasteiger partial charge in [0.2, 0.25) is 5.95 Å². The summed E-state index contributed by atoms with van der Waals surface area (Å²) in [7, 11) is 0. The van der Waals surface area contributed by atoms with Crippen LogP contribution in [0.1, 0.15) is 30.6 Å². The van der Waals surface area contributed by atoms with Crippen molar-refractivity contribution in [2.75, 3.05) is 23.5 Å². The lowest BCUT2D eigenvalue weighted by molar-refractivity contribution is -0.137. The van der Waals surface area contributed by atoms with Gasteiger partial charge in [0.25, 0.3) is 0 Å². The molecule has 178 valence electrons. The number of hydrogen-bond donors (Lipinski definition) is 4. The number of carboxylic acid groups (broad SMARTS) is 1. The van der Waals surface area contributed by atoms with Gasteiger partial charge in [0.15, 0.2) is 5.11 Å². The van der Waals surface area contributed by atoms with Gasteiger partial charge in [0.05, 0.1) is 19.1 Å². The molecule has 4 N–H and O–H groups in total. The number of aliphatic carboxylic acids is 1. The van der Waals surface area contributed by atoms with Crippen molar-refractivity contribution in [1.82, 2.24) is 15.3 Å². The number of anilines is 3. The number of rotatable bonds is 10. The molecular weight excluding hydrogens is 470 g/mol. The van der Waals surface area contributed by atoms with E-state index in [4.69, 9.17) is 17.0 Å². The molecule has 0 fully saturated rings. The fourth-order valence-corrected chi connectivity index (χ4v) is 3.84. The van der Waals surface area contributed by atoms with Crippen molar-refractivity contribution in [2.45, 2.75) is 31.2 Å². The summed E-state index contributed by atoms with van der Waals surface area (Å²) in [6.07, 6.45) is 1.86. The van der Waals surface area contributed by atoms with Crippen LogP contribution in [0.25, 0.3) is 0 Å². The highest BCUT2D eigenvalue weighted by Crippen LogP contribution is 2.23. The molecule has 2 aromatic carbocycles. The lowest BCUT2D eigenvalue weighted by Crippen LogP contribution is -2.34. The minimum absolute atomic E-state index is 0.125. The van der Waals surface area contributed by atoms with Crippen LogP contribution in [0.3, 0.4) is 0 Å². The number of aryl methyl sites for hydroxylation is 1. The van der Waals surface area contributed by atoms with Crippen LogP contribution in [0.4, 0.5) is 17.5 Å². The molecule has 0 bridgehead atoms. The molecule has 3 rings (SSSR count). The van der Waals surface area contributed by atoms with Gasteiger partial charge < -0.3 is 25.8 Å². The fraction of sp³-hybridized carbons (Fsp3) is 0.250. The van der Waals surface area contributed by atoms with E-state index in [-0.39, 0.29) is 11.5 Å². The lowest BCUT2D eigenvalue weighted by Gasteiger charge is -2.20. The van der Waals surface area contributed by atoms with Gasteiger partial charge in [-0.25, -0.2) is 4.98 Å². The van der Waals surface area contributed by atoms with Gasteiger partial charge in [-0.2, -0.15) is 4.98 Å². The third kappa shape index (κ3) is 7.60. The van der Waals surface area contributed by atoms with Crippen LogP contribution in [0, 0.1) is 6.92 Å². The summed E-state index contributed by atoms with van der Waals surface area (Å²) in [6.45, 7) is 4.40. The van der Waals surface area contributed by atoms with E-state index in [0.29, 0.717) is 18.4 Å². The van der Waals surface area contributed by atoms with Gasteiger partial charge in [-0.1, -0.05) is 12.1 Å². The monoisotopic (exact) mass is 497 g/mol.